The highest BCUT2D eigenvalue weighted by atomic mass is 16.5. The van der Waals surface area contributed by atoms with E-state index in [0.717, 1.165) is 5.57 Å². The average Bonchev–Trinajstić information content (AvgIpc) is 3.14. The lowest BCUT2D eigenvalue weighted by Gasteiger charge is -2.15. The van der Waals surface area contributed by atoms with E-state index in [1.807, 2.05) is 37.3 Å². The van der Waals surface area contributed by atoms with Crippen molar-refractivity contribution in [1.29, 1.82) is 10.5 Å². The summed E-state index contributed by atoms with van der Waals surface area (Å²) in [6.07, 6.45) is 1.84. The first-order valence-corrected chi connectivity index (χ1v) is 11.1. The predicted molar refractivity (Wildman–Crippen MR) is 138 cm³/mol. The van der Waals surface area contributed by atoms with Crippen LogP contribution in [0.4, 0.5) is 11.5 Å². The summed E-state index contributed by atoms with van der Waals surface area (Å²) in [5, 5.41) is 22.2. The molecule has 2 aromatic carbocycles. The van der Waals surface area contributed by atoms with Crippen LogP contribution in [0.2, 0.25) is 0 Å². The lowest BCUT2D eigenvalue weighted by atomic mass is 9.95. The molecule has 1 aliphatic carbocycles. The number of allylic oxidation sites excluding steroid dienone is 3. The van der Waals surface area contributed by atoms with Gasteiger partial charge in [-0.3, -0.25) is 4.79 Å². The number of amides is 1. The molecule has 1 aliphatic rings. The molecule has 36 heavy (non-hydrogen) atoms. The molecule has 1 aromatic heterocycles. The zero-order valence-electron chi connectivity index (χ0n) is 20.0. The van der Waals surface area contributed by atoms with Gasteiger partial charge in [0, 0.05) is 16.8 Å². The van der Waals surface area contributed by atoms with Crippen molar-refractivity contribution in [1.82, 2.24) is 4.98 Å². The van der Waals surface area contributed by atoms with Crippen LogP contribution in [-0.2, 0) is 4.79 Å². The van der Waals surface area contributed by atoms with Crippen LogP contribution in [-0.4, -0.2) is 24.6 Å². The summed E-state index contributed by atoms with van der Waals surface area (Å²) >= 11 is 0. The summed E-state index contributed by atoms with van der Waals surface area (Å²) in [6, 6.07) is 18.8. The number of rotatable bonds is 6. The van der Waals surface area contributed by atoms with Gasteiger partial charge in [0.1, 0.15) is 18.0 Å². The van der Waals surface area contributed by atoms with E-state index in [1.165, 1.54) is 7.11 Å². The predicted octanol–water partition coefficient (Wildman–Crippen LogP) is 4.72. The topological polar surface area (TPSA) is 134 Å². The Morgan fingerprint density at radius 3 is 2.53 bits per heavy atom. The number of para-hydroxylation sites is 2. The summed E-state index contributed by atoms with van der Waals surface area (Å²) in [5.41, 5.74) is 11.1. The van der Waals surface area contributed by atoms with Crippen LogP contribution in [0, 0.1) is 29.6 Å². The molecule has 0 unspecified atom stereocenters. The van der Waals surface area contributed by atoms with Crippen molar-refractivity contribution >= 4 is 34.6 Å². The van der Waals surface area contributed by atoms with Crippen molar-refractivity contribution < 1.29 is 14.3 Å². The van der Waals surface area contributed by atoms with Gasteiger partial charge in [-0.15, -0.1) is 0 Å². The van der Waals surface area contributed by atoms with Crippen molar-refractivity contribution in [2.24, 2.45) is 0 Å². The molecule has 3 N–H and O–H groups in total. The number of anilines is 2. The lowest BCUT2D eigenvalue weighted by Crippen LogP contribution is -2.20. The number of methoxy groups -OCH3 is 1. The zero-order chi connectivity index (χ0) is 25.8. The van der Waals surface area contributed by atoms with Gasteiger partial charge < -0.3 is 20.5 Å². The molecule has 8 nitrogen and oxygen atoms in total. The van der Waals surface area contributed by atoms with E-state index in [-0.39, 0.29) is 23.9 Å². The largest absolute Gasteiger partial charge is 0.493 e. The number of aromatic nitrogens is 1. The van der Waals surface area contributed by atoms with E-state index >= 15 is 0 Å². The van der Waals surface area contributed by atoms with Crippen LogP contribution < -0.4 is 20.5 Å². The first-order chi connectivity index (χ1) is 17.4. The molecule has 0 saturated heterocycles. The number of ether oxygens (including phenoxy) is 2. The smallest absolute Gasteiger partial charge is 0.262 e. The zero-order valence-corrected chi connectivity index (χ0v) is 20.0. The van der Waals surface area contributed by atoms with Gasteiger partial charge in [0.05, 0.1) is 23.9 Å². The van der Waals surface area contributed by atoms with E-state index < -0.39 is 0 Å². The fourth-order valence-electron chi connectivity index (χ4n) is 4.17. The normalized spacial score (nSPS) is 13.1. The molecular weight excluding hydrogens is 454 g/mol. The maximum atomic E-state index is 12.5. The van der Waals surface area contributed by atoms with Gasteiger partial charge in [-0.1, -0.05) is 30.3 Å². The number of hydrogen-bond donors (Lipinski definition) is 2. The third-order valence-corrected chi connectivity index (χ3v) is 5.92. The maximum absolute atomic E-state index is 12.5. The number of carbonyl (C=O) groups is 1. The van der Waals surface area contributed by atoms with Crippen molar-refractivity contribution in [3.8, 4) is 23.6 Å². The van der Waals surface area contributed by atoms with Gasteiger partial charge in [0.15, 0.2) is 18.1 Å². The second-order valence-electron chi connectivity index (χ2n) is 8.08. The van der Waals surface area contributed by atoms with E-state index in [2.05, 4.69) is 22.4 Å². The molecule has 0 atom stereocenters. The summed E-state index contributed by atoms with van der Waals surface area (Å²) in [7, 11) is 1.52. The highest BCUT2D eigenvalue weighted by molar-refractivity contribution is 6.09. The third kappa shape index (κ3) is 4.36. The Kier molecular flexibility index (Phi) is 6.71. The number of fused-ring (bicyclic) bond motifs is 1. The molecule has 0 aliphatic heterocycles. The van der Waals surface area contributed by atoms with Crippen LogP contribution in [0.5, 0.6) is 11.5 Å². The average molecular weight is 478 g/mol. The fourth-order valence-corrected chi connectivity index (χ4v) is 4.17. The van der Waals surface area contributed by atoms with E-state index in [4.69, 9.17) is 15.2 Å². The Bertz CT molecular complexity index is 1510. The molecule has 1 amide bonds. The van der Waals surface area contributed by atoms with Crippen LogP contribution in [0.25, 0.3) is 17.2 Å². The first kappa shape index (κ1) is 24.1. The molecule has 0 bridgehead atoms. The Morgan fingerprint density at radius 2 is 1.86 bits per heavy atom. The molecule has 4 rings (SSSR count). The minimum atomic E-state index is -0.325. The molecule has 1 heterocycles. The van der Waals surface area contributed by atoms with Crippen molar-refractivity contribution in [2.45, 2.75) is 13.8 Å². The van der Waals surface area contributed by atoms with E-state index in [1.54, 1.807) is 31.2 Å². The van der Waals surface area contributed by atoms with Crippen molar-refractivity contribution in [3.05, 3.63) is 82.1 Å². The highest BCUT2D eigenvalue weighted by Gasteiger charge is 2.30. The SMILES string of the molecule is COc1cccc(/C=C2/C(C)=C(C#N)c3nc(N)c(C#N)c(C)c32)c1OCC(=O)Nc1ccccc1. The van der Waals surface area contributed by atoms with Gasteiger partial charge in [-0.25, -0.2) is 4.98 Å². The Morgan fingerprint density at radius 1 is 1.11 bits per heavy atom. The maximum Gasteiger partial charge on any atom is 0.262 e. The lowest BCUT2D eigenvalue weighted by molar-refractivity contribution is -0.118. The minimum Gasteiger partial charge on any atom is -0.493 e. The molecule has 8 heteroatoms. The number of hydrogen-bond acceptors (Lipinski definition) is 7. The van der Waals surface area contributed by atoms with Crippen molar-refractivity contribution in [3.63, 3.8) is 0 Å². The number of benzene rings is 2. The third-order valence-electron chi connectivity index (χ3n) is 5.92. The number of nitrogen functional groups attached to an aromatic ring is 1. The summed E-state index contributed by atoms with van der Waals surface area (Å²) in [6.45, 7) is 3.37. The van der Waals surface area contributed by atoms with Crippen LogP contribution in [0.1, 0.15) is 34.9 Å². The summed E-state index contributed by atoms with van der Waals surface area (Å²) in [5.74, 6) is 0.582. The van der Waals surface area contributed by atoms with Gasteiger partial charge in [-0.2, -0.15) is 10.5 Å². The molecular formula is C28H23N5O3. The Hall–Kier alpha value is -5.08. The number of nitrogens with zero attached hydrogens (tertiary/aromatic N) is 3. The number of pyridine rings is 1. The quantitative estimate of drug-likeness (QED) is 0.524. The minimum absolute atomic E-state index is 0.0883. The number of nitrogens with two attached hydrogens (primary N) is 1. The molecule has 178 valence electrons. The van der Waals surface area contributed by atoms with Gasteiger partial charge in [0.25, 0.3) is 5.91 Å². The summed E-state index contributed by atoms with van der Waals surface area (Å²) < 4.78 is 11.4. The molecule has 0 spiro atoms. The number of carbonyl (C=O) groups excluding carboxylic acids is 1. The molecule has 0 fully saturated rings. The Balaban J connectivity index is 1.76. The summed E-state index contributed by atoms with van der Waals surface area (Å²) in [4.78, 5) is 16.9. The Labute approximate surface area is 208 Å². The van der Waals surface area contributed by atoms with Gasteiger partial charge >= 0.3 is 0 Å². The second kappa shape index (κ2) is 10.0. The van der Waals surface area contributed by atoms with Crippen LogP contribution in [0.15, 0.2) is 54.1 Å². The molecule has 3 aromatic rings. The molecule has 0 saturated carbocycles. The highest BCUT2D eigenvalue weighted by Crippen LogP contribution is 2.45. The first-order valence-electron chi connectivity index (χ1n) is 11.1. The van der Waals surface area contributed by atoms with E-state index in [9.17, 15) is 15.3 Å². The van der Waals surface area contributed by atoms with Gasteiger partial charge in [0.2, 0.25) is 0 Å². The fraction of sp³-hybridized carbons (Fsp3) is 0.143. The van der Waals surface area contributed by atoms with E-state index in [0.29, 0.717) is 50.7 Å². The number of nitrogens with one attached hydrogen (secondary N) is 1. The van der Waals surface area contributed by atoms with Crippen molar-refractivity contribution in [2.75, 3.05) is 24.8 Å². The second-order valence-corrected chi connectivity index (χ2v) is 8.08. The standard InChI is InChI=1S/C28H23N5O3/c1-16-20(25-17(2)22(14-30)28(31)33-26(25)21(16)13-29)12-18-8-7-11-23(35-3)27(18)36-15-24(34)32-19-9-5-4-6-10-19/h4-12H,15H2,1-3H3,(H2,31,33)(H,32,34)/b20-12-. The van der Waals surface area contributed by atoms with Crippen LogP contribution in [0.3, 0.4) is 0 Å². The monoisotopic (exact) mass is 477 g/mol. The molecule has 0 radical (unpaired) electrons. The number of nitriles is 2. The van der Waals surface area contributed by atoms with Gasteiger partial charge in [-0.05, 0) is 54.8 Å². The van der Waals surface area contributed by atoms with Crippen LogP contribution >= 0.6 is 0 Å².